The molecule has 0 aliphatic carbocycles. The second-order valence-corrected chi connectivity index (χ2v) is 7.68. The van der Waals surface area contributed by atoms with Gasteiger partial charge in [-0.2, -0.15) is 0 Å². The number of hydrogen-bond donors (Lipinski definition) is 2. The molecule has 0 saturated carbocycles. The zero-order valence-electron chi connectivity index (χ0n) is 17.0. The van der Waals surface area contributed by atoms with Crippen molar-refractivity contribution in [1.29, 1.82) is 0 Å². The molecular weight excluding hydrogens is 403 g/mol. The first-order valence-corrected chi connectivity index (χ1v) is 10.1. The number of carbonyl (C=O) groups excluding carboxylic acids is 2. The largest absolute Gasteiger partial charge is 0.505 e. The molecule has 0 bridgehead atoms. The number of nitrogens with zero attached hydrogens (tertiary/aromatic N) is 2. The van der Waals surface area contributed by atoms with E-state index in [1.54, 1.807) is 4.90 Å². The predicted octanol–water partition coefficient (Wildman–Crippen LogP) is 3.03. The summed E-state index contributed by atoms with van der Waals surface area (Å²) >= 11 is 0. The summed E-state index contributed by atoms with van der Waals surface area (Å²) in [4.78, 5) is 38.4. The Labute approximate surface area is 179 Å². The van der Waals surface area contributed by atoms with Gasteiger partial charge in [-0.05, 0) is 49.4 Å². The minimum Gasteiger partial charge on any atom is -0.505 e. The summed E-state index contributed by atoms with van der Waals surface area (Å²) in [6.07, 6.45) is 2.85. The number of amides is 2. The van der Waals surface area contributed by atoms with Crippen LogP contribution in [-0.4, -0.2) is 56.9 Å². The summed E-state index contributed by atoms with van der Waals surface area (Å²) in [6.45, 7) is 1.44. The Hall–Kier alpha value is -3.42. The first-order valence-electron chi connectivity index (χ1n) is 10.1. The third-order valence-electron chi connectivity index (χ3n) is 5.85. The molecule has 31 heavy (non-hydrogen) atoms. The molecule has 1 unspecified atom stereocenters. The molecule has 0 aromatic heterocycles. The third-order valence-corrected chi connectivity index (χ3v) is 5.85. The zero-order valence-corrected chi connectivity index (χ0v) is 17.0. The van der Waals surface area contributed by atoms with Crippen LogP contribution in [-0.2, 0) is 16.1 Å². The number of halogens is 1. The first-order chi connectivity index (χ1) is 14.9. The average molecular weight is 428 g/mol. The van der Waals surface area contributed by atoms with Crippen molar-refractivity contribution in [3.05, 3.63) is 65.5 Å². The van der Waals surface area contributed by atoms with Gasteiger partial charge < -0.3 is 20.0 Å². The lowest BCUT2D eigenvalue weighted by Crippen LogP contribution is -2.61. The number of rotatable bonds is 3. The van der Waals surface area contributed by atoms with E-state index in [9.17, 15) is 19.1 Å². The predicted molar refractivity (Wildman–Crippen MR) is 111 cm³/mol. The first kappa shape index (κ1) is 22.3. The number of likely N-dealkylation sites (tertiary alicyclic amines) is 2. The molecule has 2 heterocycles. The van der Waals surface area contributed by atoms with Crippen LogP contribution in [0.25, 0.3) is 0 Å². The summed E-state index contributed by atoms with van der Waals surface area (Å²) in [5.74, 6) is -1.67. The molecule has 8 heteroatoms. The monoisotopic (exact) mass is 428 g/mol. The maximum Gasteiger partial charge on any atom is 0.290 e. The van der Waals surface area contributed by atoms with E-state index in [1.165, 1.54) is 6.07 Å². The van der Waals surface area contributed by atoms with E-state index in [2.05, 4.69) is 0 Å². The molecule has 2 amide bonds. The van der Waals surface area contributed by atoms with Gasteiger partial charge in [-0.1, -0.05) is 30.3 Å². The average Bonchev–Trinajstić information content (AvgIpc) is 3.18. The van der Waals surface area contributed by atoms with Gasteiger partial charge in [0.25, 0.3) is 12.4 Å². The fourth-order valence-electron chi connectivity index (χ4n) is 4.48. The second-order valence-electron chi connectivity index (χ2n) is 7.68. The van der Waals surface area contributed by atoms with E-state index in [1.807, 2.05) is 35.2 Å². The number of carbonyl (C=O) groups is 3. The Morgan fingerprint density at radius 2 is 1.74 bits per heavy atom. The number of phenolic OH excluding ortho intramolecular Hbond substituents is 1. The SMILES string of the molecule is O=C(c1ccc(F)c(O)c1)N1CCCC12CCCN(Cc1ccccc1)C2=O.O=CO. The highest BCUT2D eigenvalue weighted by molar-refractivity contribution is 6.00. The molecular formula is C23H25FN2O5. The molecule has 4 rings (SSSR count). The number of phenols is 1. The highest BCUT2D eigenvalue weighted by atomic mass is 19.1. The van der Waals surface area contributed by atoms with Crippen LogP contribution in [0.5, 0.6) is 5.75 Å². The molecule has 2 aromatic carbocycles. The molecule has 2 aromatic rings. The fourth-order valence-corrected chi connectivity index (χ4v) is 4.48. The fraction of sp³-hybridized carbons (Fsp3) is 0.348. The van der Waals surface area contributed by atoms with Gasteiger partial charge in [-0.3, -0.25) is 14.4 Å². The van der Waals surface area contributed by atoms with Crippen molar-refractivity contribution in [3.8, 4) is 5.75 Å². The molecule has 164 valence electrons. The van der Waals surface area contributed by atoms with Crippen LogP contribution >= 0.6 is 0 Å². The number of carboxylic acid groups (broad SMARTS) is 1. The summed E-state index contributed by atoms with van der Waals surface area (Å²) in [7, 11) is 0. The number of aromatic hydroxyl groups is 1. The van der Waals surface area contributed by atoms with Crippen molar-refractivity contribution in [1.82, 2.24) is 9.80 Å². The lowest BCUT2D eigenvalue weighted by atomic mass is 9.84. The number of hydrogen-bond acceptors (Lipinski definition) is 4. The molecule has 2 aliphatic rings. The van der Waals surface area contributed by atoms with E-state index < -0.39 is 17.1 Å². The minimum absolute atomic E-state index is 0.0141. The number of piperidine rings is 1. The molecule has 2 aliphatic heterocycles. The topological polar surface area (TPSA) is 98.2 Å². The van der Waals surface area contributed by atoms with Crippen LogP contribution < -0.4 is 0 Å². The van der Waals surface area contributed by atoms with E-state index in [0.717, 1.165) is 30.5 Å². The van der Waals surface area contributed by atoms with Gasteiger partial charge in [-0.15, -0.1) is 0 Å². The van der Waals surface area contributed by atoms with Gasteiger partial charge in [-0.25, -0.2) is 4.39 Å². The van der Waals surface area contributed by atoms with Crippen LogP contribution in [0, 0.1) is 5.82 Å². The summed E-state index contributed by atoms with van der Waals surface area (Å²) in [6, 6.07) is 13.4. The van der Waals surface area contributed by atoms with Crippen LogP contribution in [0.2, 0.25) is 0 Å². The van der Waals surface area contributed by atoms with Gasteiger partial charge in [0, 0.05) is 25.2 Å². The van der Waals surface area contributed by atoms with Crippen molar-refractivity contribution in [3.63, 3.8) is 0 Å². The molecule has 2 fully saturated rings. The van der Waals surface area contributed by atoms with Gasteiger partial charge in [0.2, 0.25) is 5.91 Å². The quantitative estimate of drug-likeness (QED) is 0.733. The van der Waals surface area contributed by atoms with Gasteiger partial charge in [0.05, 0.1) is 0 Å². The Morgan fingerprint density at radius 3 is 2.39 bits per heavy atom. The molecule has 1 spiro atoms. The van der Waals surface area contributed by atoms with Crippen molar-refractivity contribution in [2.75, 3.05) is 13.1 Å². The highest BCUT2D eigenvalue weighted by Gasteiger charge is 2.52. The van der Waals surface area contributed by atoms with Crippen LogP contribution in [0.15, 0.2) is 48.5 Å². The highest BCUT2D eigenvalue weighted by Crippen LogP contribution is 2.39. The number of benzene rings is 2. The maximum atomic E-state index is 13.4. The van der Waals surface area contributed by atoms with E-state index in [4.69, 9.17) is 9.90 Å². The Bertz CT molecular complexity index is 952. The molecule has 0 radical (unpaired) electrons. The summed E-state index contributed by atoms with van der Waals surface area (Å²) in [5, 5.41) is 16.5. The van der Waals surface area contributed by atoms with Gasteiger partial charge in [0.15, 0.2) is 11.6 Å². The van der Waals surface area contributed by atoms with Crippen molar-refractivity contribution >= 4 is 18.3 Å². The summed E-state index contributed by atoms with van der Waals surface area (Å²) in [5.41, 5.74) is 0.425. The van der Waals surface area contributed by atoms with Crippen molar-refractivity contribution in [2.45, 2.75) is 37.8 Å². The van der Waals surface area contributed by atoms with Gasteiger partial charge >= 0.3 is 0 Å². The zero-order chi connectivity index (χ0) is 22.4. The lowest BCUT2D eigenvalue weighted by molar-refractivity contribution is -0.146. The molecule has 7 nitrogen and oxygen atoms in total. The van der Waals surface area contributed by atoms with E-state index in [-0.39, 0.29) is 23.9 Å². The molecule has 2 saturated heterocycles. The lowest BCUT2D eigenvalue weighted by Gasteiger charge is -2.44. The maximum absolute atomic E-state index is 13.4. The second kappa shape index (κ2) is 9.59. The molecule has 1 atom stereocenters. The molecule has 2 N–H and O–H groups in total. The van der Waals surface area contributed by atoms with E-state index >= 15 is 0 Å². The summed E-state index contributed by atoms with van der Waals surface area (Å²) < 4.78 is 13.4. The van der Waals surface area contributed by atoms with Crippen LogP contribution in [0.1, 0.15) is 41.6 Å². The van der Waals surface area contributed by atoms with Gasteiger partial charge in [0.1, 0.15) is 5.54 Å². The smallest absolute Gasteiger partial charge is 0.290 e. The Kier molecular flexibility index (Phi) is 6.89. The van der Waals surface area contributed by atoms with Crippen LogP contribution in [0.4, 0.5) is 4.39 Å². The minimum atomic E-state index is -0.839. The van der Waals surface area contributed by atoms with Crippen LogP contribution in [0.3, 0.4) is 0 Å². The van der Waals surface area contributed by atoms with Crippen molar-refractivity contribution in [2.24, 2.45) is 0 Å². The van der Waals surface area contributed by atoms with Crippen molar-refractivity contribution < 1.29 is 29.0 Å². The normalized spacial score (nSPS) is 20.4. The standard InChI is InChI=1S/C22H23FN2O3.CH2O2/c23-18-9-8-17(14-19(18)26)20(27)25-13-5-11-22(25)10-4-12-24(21(22)28)15-16-6-2-1-3-7-16;2-1-3/h1-3,6-9,14,26H,4-5,10-13,15H2;1H,(H,2,3). The van der Waals surface area contributed by atoms with E-state index in [0.29, 0.717) is 32.5 Å². The Morgan fingerprint density at radius 1 is 1.10 bits per heavy atom. The third kappa shape index (κ3) is 4.52. The Balaban J connectivity index is 0.000000858.